The van der Waals surface area contributed by atoms with E-state index in [0.29, 0.717) is 6.42 Å². The maximum Gasteiger partial charge on any atom is 0.160 e. The van der Waals surface area contributed by atoms with Gasteiger partial charge in [-0.15, -0.1) is 11.3 Å². The summed E-state index contributed by atoms with van der Waals surface area (Å²) in [5, 5.41) is 3.09. The van der Waals surface area contributed by atoms with Crippen LogP contribution in [-0.2, 0) is 4.79 Å². The van der Waals surface area contributed by atoms with Gasteiger partial charge >= 0.3 is 0 Å². The third-order valence-corrected chi connectivity index (χ3v) is 2.46. The predicted octanol–water partition coefficient (Wildman–Crippen LogP) is 0.282. The minimum atomic E-state index is 0.214. The lowest BCUT2D eigenvalue weighted by molar-refractivity contribution is -0.112. The number of rotatable bonds is 0. The molecular weight excluding hydrogens is 144 g/mol. The van der Waals surface area contributed by atoms with Gasteiger partial charge < -0.3 is 0 Å². The van der Waals surface area contributed by atoms with Crippen molar-refractivity contribution in [1.29, 1.82) is 0 Å². The van der Waals surface area contributed by atoms with E-state index < -0.39 is 0 Å². The molecule has 0 spiro atoms. The van der Waals surface area contributed by atoms with Crippen molar-refractivity contribution in [2.45, 2.75) is 6.42 Å². The molecule has 0 unspecified atom stereocenters. The van der Waals surface area contributed by atoms with Gasteiger partial charge in [0.25, 0.3) is 0 Å². The first-order valence-electron chi connectivity index (χ1n) is 3.14. The summed E-state index contributed by atoms with van der Waals surface area (Å²) >= 11 is 1.69. The Bertz CT molecular complexity index is 372. The molecule has 0 saturated heterocycles. The Morgan fingerprint density at radius 2 is 2.40 bits per heavy atom. The number of ketones is 1. The molecule has 1 aromatic rings. The highest BCUT2D eigenvalue weighted by molar-refractivity contribution is 7.07. The van der Waals surface area contributed by atoms with Crippen LogP contribution in [0.5, 0.6) is 0 Å². The fourth-order valence-corrected chi connectivity index (χ4v) is 1.85. The van der Waals surface area contributed by atoms with E-state index in [1.54, 1.807) is 17.4 Å². The Kier molecular flexibility index (Phi) is 1.21. The molecule has 1 aliphatic carbocycles. The Labute approximate surface area is 62.3 Å². The van der Waals surface area contributed by atoms with E-state index >= 15 is 0 Å². The molecular formula is C8H6OS. The normalized spacial score (nSPS) is 15.4. The van der Waals surface area contributed by atoms with Gasteiger partial charge in [0, 0.05) is 11.0 Å². The highest BCUT2D eigenvalue weighted by Crippen LogP contribution is 1.93. The van der Waals surface area contributed by atoms with Crippen LogP contribution < -0.4 is 9.75 Å². The molecule has 10 heavy (non-hydrogen) atoms. The standard InChI is InChI=1S/C8H6OS/c9-7-1-2-8-6(5-7)3-4-10-8/h2-5H,1H2. The van der Waals surface area contributed by atoms with Crippen molar-refractivity contribution in [3.05, 3.63) is 21.2 Å². The van der Waals surface area contributed by atoms with Crippen molar-refractivity contribution in [1.82, 2.24) is 0 Å². The van der Waals surface area contributed by atoms with E-state index in [9.17, 15) is 4.79 Å². The number of carbonyl (C=O) groups excluding carboxylic acids is 1. The quantitative estimate of drug-likeness (QED) is 0.519. The van der Waals surface area contributed by atoms with Crippen molar-refractivity contribution in [2.24, 2.45) is 0 Å². The van der Waals surface area contributed by atoms with Crippen LogP contribution in [0.15, 0.2) is 11.4 Å². The first-order valence-corrected chi connectivity index (χ1v) is 4.02. The van der Waals surface area contributed by atoms with Gasteiger partial charge in [-0.05, 0) is 22.7 Å². The molecule has 1 heterocycles. The number of hydrogen-bond donors (Lipinski definition) is 0. The molecule has 0 aliphatic heterocycles. The molecule has 0 aromatic carbocycles. The van der Waals surface area contributed by atoms with Crippen molar-refractivity contribution < 1.29 is 4.79 Å². The van der Waals surface area contributed by atoms with E-state index in [1.807, 2.05) is 17.5 Å². The zero-order chi connectivity index (χ0) is 6.97. The number of fused-ring (bicyclic) bond motifs is 1. The lowest BCUT2D eigenvalue weighted by atomic mass is 10.2. The van der Waals surface area contributed by atoms with E-state index in [4.69, 9.17) is 0 Å². The average Bonchev–Trinajstić information content (AvgIpc) is 2.33. The van der Waals surface area contributed by atoms with E-state index in [-0.39, 0.29) is 5.78 Å². The highest BCUT2D eigenvalue weighted by atomic mass is 32.1. The Morgan fingerprint density at radius 1 is 1.50 bits per heavy atom. The average molecular weight is 150 g/mol. The second kappa shape index (κ2) is 2.06. The number of thiophene rings is 1. The molecule has 50 valence electrons. The Balaban J connectivity index is 2.85. The molecule has 0 atom stereocenters. The predicted molar refractivity (Wildman–Crippen MR) is 42.1 cm³/mol. The summed E-state index contributed by atoms with van der Waals surface area (Å²) in [6.07, 6.45) is 4.28. The smallest absolute Gasteiger partial charge is 0.160 e. The van der Waals surface area contributed by atoms with E-state index in [0.717, 1.165) is 5.22 Å². The Hall–Kier alpha value is -0.890. The van der Waals surface area contributed by atoms with Crippen molar-refractivity contribution in [3.8, 4) is 0 Å². The minimum Gasteiger partial charge on any atom is -0.294 e. The second-order valence-electron chi connectivity index (χ2n) is 2.26. The molecule has 0 radical (unpaired) electrons. The summed E-state index contributed by atoms with van der Waals surface area (Å²) in [4.78, 5) is 10.8. The van der Waals surface area contributed by atoms with Gasteiger partial charge in [-0.25, -0.2) is 0 Å². The maximum absolute atomic E-state index is 10.8. The third-order valence-electron chi connectivity index (χ3n) is 1.53. The van der Waals surface area contributed by atoms with Gasteiger partial charge in [-0.2, -0.15) is 0 Å². The van der Waals surface area contributed by atoms with E-state index in [2.05, 4.69) is 0 Å². The van der Waals surface area contributed by atoms with Gasteiger partial charge in [-0.1, -0.05) is 6.08 Å². The number of Topliss-reactive ketones (excluding diaryl/α,β-unsaturated/α-hetero) is 1. The molecule has 0 saturated carbocycles. The van der Waals surface area contributed by atoms with Gasteiger partial charge in [0.15, 0.2) is 5.78 Å². The highest BCUT2D eigenvalue weighted by Gasteiger charge is 2.00. The zero-order valence-electron chi connectivity index (χ0n) is 5.33. The van der Waals surface area contributed by atoms with Gasteiger partial charge in [0.1, 0.15) is 0 Å². The summed E-state index contributed by atoms with van der Waals surface area (Å²) in [7, 11) is 0. The van der Waals surface area contributed by atoms with Crippen LogP contribution >= 0.6 is 11.3 Å². The van der Waals surface area contributed by atoms with Crippen LogP contribution in [0.4, 0.5) is 0 Å². The first kappa shape index (κ1) is 5.86. The molecule has 0 fully saturated rings. The van der Waals surface area contributed by atoms with Crippen LogP contribution in [0.25, 0.3) is 12.2 Å². The van der Waals surface area contributed by atoms with Crippen LogP contribution in [0, 0.1) is 0 Å². The van der Waals surface area contributed by atoms with Crippen LogP contribution in [0.2, 0.25) is 0 Å². The van der Waals surface area contributed by atoms with Crippen molar-refractivity contribution in [3.63, 3.8) is 0 Å². The third kappa shape index (κ3) is 0.809. The van der Waals surface area contributed by atoms with Crippen LogP contribution in [-0.4, -0.2) is 5.78 Å². The zero-order valence-corrected chi connectivity index (χ0v) is 6.15. The van der Waals surface area contributed by atoms with Gasteiger partial charge in [-0.3, -0.25) is 4.79 Å². The molecule has 2 heteroatoms. The van der Waals surface area contributed by atoms with Gasteiger partial charge in [0.05, 0.1) is 0 Å². The molecule has 1 nitrogen and oxygen atoms in total. The monoisotopic (exact) mass is 150 g/mol. The summed E-state index contributed by atoms with van der Waals surface area (Å²) in [6.45, 7) is 0. The molecule has 1 aromatic heterocycles. The molecule has 0 bridgehead atoms. The topological polar surface area (TPSA) is 17.1 Å². The van der Waals surface area contributed by atoms with Crippen molar-refractivity contribution >= 4 is 29.3 Å². The van der Waals surface area contributed by atoms with E-state index in [1.165, 1.54) is 4.53 Å². The van der Waals surface area contributed by atoms with Crippen molar-refractivity contribution in [2.75, 3.05) is 0 Å². The summed E-state index contributed by atoms with van der Waals surface area (Å²) in [5.41, 5.74) is 0. The first-order chi connectivity index (χ1) is 4.86. The SMILES string of the molecule is O=C1C=c2ccsc2=CC1. The maximum atomic E-state index is 10.8. The molecule has 1 aliphatic rings. The fourth-order valence-electron chi connectivity index (χ4n) is 1.04. The lowest BCUT2D eigenvalue weighted by Crippen LogP contribution is -2.23. The molecule has 0 amide bonds. The number of carbonyl (C=O) groups is 1. The fraction of sp³-hybridized carbons (Fsp3) is 0.125. The molecule has 0 N–H and O–H groups in total. The largest absolute Gasteiger partial charge is 0.294 e. The second-order valence-corrected chi connectivity index (χ2v) is 3.21. The van der Waals surface area contributed by atoms with Gasteiger partial charge in [0.2, 0.25) is 0 Å². The van der Waals surface area contributed by atoms with Crippen LogP contribution in [0.3, 0.4) is 0 Å². The number of hydrogen-bond acceptors (Lipinski definition) is 2. The summed E-state index contributed by atoms with van der Waals surface area (Å²) < 4.78 is 1.24. The summed E-state index contributed by atoms with van der Waals surface area (Å²) in [5.74, 6) is 0.214. The molecule has 2 rings (SSSR count). The van der Waals surface area contributed by atoms with Crippen LogP contribution in [0.1, 0.15) is 6.42 Å². The summed E-state index contributed by atoms with van der Waals surface area (Å²) in [6, 6.07) is 1.98. The lowest BCUT2D eigenvalue weighted by Gasteiger charge is -1.90. The Morgan fingerprint density at radius 3 is 3.30 bits per heavy atom. The minimum absolute atomic E-state index is 0.214.